The number of amides is 1. The van der Waals surface area contributed by atoms with E-state index in [-0.39, 0.29) is 5.91 Å². The van der Waals surface area contributed by atoms with Gasteiger partial charge < -0.3 is 20.4 Å². The van der Waals surface area contributed by atoms with Crippen molar-refractivity contribution in [3.63, 3.8) is 0 Å². The molecule has 0 aliphatic carbocycles. The second-order valence-electron chi connectivity index (χ2n) is 5.94. The van der Waals surface area contributed by atoms with Crippen molar-refractivity contribution in [3.05, 3.63) is 53.9 Å². The van der Waals surface area contributed by atoms with Crippen molar-refractivity contribution in [2.24, 2.45) is 4.99 Å². The largest absolute Gasteiger partial charge is 0.459 e. The summed E-state index contributed by atoms with van der Waals surface area (Å²) in [5, 5.41) is 17.5. The van der Waals surface area contributed by atoms with Gasteiger partial charge in [0, 0.05) is 31.9 Å². The van der Waals surface area contributed by atoms with E-state index in [9.17, 15) is 4.79 Å². The molecule has 27 heavy (non-hydrogen) atoms. The molecular formula is C18H23N7O2. The lowest BCUT2D eigenvalue weighted by Gasteiger charge is -2.11. The number of nitrogens with one attached hydrogen (secondary N) is 3. The Bertz CT molecular complexity index is 929. The summed E-state index contributed by atoms with van der Waals surface area (Å²) in [5.41, 5.74) is 1.64. The topological polar surface area (TPSA) is 109 Å². The highest BCUT2D eigenvalue weighted by Gasteiger charge is 2.11. The molecule has 1 amide bonds. The molecule has 3 aromatic rings. The number of pyridine rings is 1. The van der Waals surface area contributed by atoms with Crippen LogP contribution in [0.5, 0.6) is 0 Å². The summed E-state index contributed by atoms with van der Waals surface area (Å²) in [6.45, 7) is 3.54. The summed E-state index contributed by atoms with van der Waals surface area (Å²) in [5.74, 6) is 1.63. The molecule has 3 aromatic heterocycles. The third kappa shape index (κ3) is 4.63. The van der Waals surface area contributed by atoms with E-state index in [1.54, 1.807) is 13.1 Å². The molecule has 9 nitrogen and oxygen atoms in total. The Morgan fingerprint density at radius 3 is 2.81 bits per heavy atom. The van der Waals surface area contributed by atoms with Gasteiger partial charge in [-0.05, 0) is 31.5 Å². The number of carbonyl (C=O) groups excluding carboxylic acids is 1. The number of furan rings is 1. The van der Waals surface area contributed by atoms with E-state index < -0.39 is 0 Å². The zero-order valence-corrected chi connectivity index (χ0v) is 15.4. The molecule has 0 aliphatic heterocycles. The standard InChI is InChI=1S/C18H23N7O2/c1-13-7-11-27-16(13)17(26)20-8-5-9-21-18(19-2)22-12-15-24-23-14-6-3-4-10-25(14)15/h3-4,6-7,10-11H,5,8-9,12H2,1-2H3,(H,20,26)(H2,19,21,22). The van der Waals surface area contributed by atoms with E-state index in [2.05, 4.69) is 31.1 Å². The Hall–Kier alpha value is -3.36. The minimum Gasteiger partial charge on any atom is -0.459 e. The minimum atomic E-state index is -0.196. The number of nitrogens with zero attached hydrogens (tertiary/aromatic N) is 4. The van der Waals surface area contributed by atoms with E-state index in [4.69, 9.17) is 4.42 Å². The molecule has 0 saturated carbocycles. The fraction of sp³-hybridized carbons (Fsp3) is 0.333. The zero-order chi connectivity index (χ0) is 19.1. The average Bonchev–Trinajstić information content (AvgIpc) is 3.30. The molecule has 0 fully saturated rings. The van der Waals surface area contributed by atoms with Crippen LogP contribution < -0.4 is 16.0 Å². The Balaban J connectivity index is 1.38. The Kier molecular flexibility index (Phi) is 6.03. The highest BCUT2D eigenvalue weighted by molar-refractivity contribution is 5.92. The summed E-state index contributed by atoms with van der Waals surface area (Å²) in [4.78, 5) is 16.1. The molecule has 3 heterocycles. The van der Waals surface area contributed by atoms with Gasteiger partial charge >= 0.3 is 0 Å². The van der Waals surface area contributed by atoms with Crippen LogP contribution in [0.15, 0.2) is 46.1 Å². The fourth-order valence-corrected chi connectivity index (χ4v) is 2.58. The molecule has 0 bridgehead atoms. The number of aliphatic imine (C=N–C) groups is 1. The predicted octanol–water partition coefficient (Wildman–Crippen LogP) is 1.12. The van der Waals surface area contributed by atoms with Gasteiger partial charge in [0.05, 0.1) is 12.8 Å². The van der Waals surface area contributed by atoms with Gasteiger partial charge in [-0.3, -0.25) is 14.2 Å². The number of hydrogen-bond acceptors (Lipinski definition) is 5. The first-order valence-corrected chi connectivity index (χ1v) is 8.74. The maximum atomic E-state index is 11.9. The summed E-state index contributed by atoms with van der Waals surface area (Å²) >= 11 is 0. The Labute approximate surface area is 156 Å². The predicted molar refractivity (Wildman–Crippen MR) is 102 cm³/mol. The van der Waals surface area contributed by atoms with Gasteiger partial charge in [0.1, 0.15) is 0 Å². The second-order valence-corrected chi connectivity index (χ2v) is 5.94. The van der Waals surface area contributed by atoms with Crippen LogP contribution in [-0.2, 0) is 6.54 Å². The van der Waals surface area contributed by atoms with E-state index in [1.165, 1.54) is 6.26 Å². The lowest BCUT2D eigenvalue weighted by Crippen LogP contribution is -2.38. The summed E-state index contributed by atoms with van der Waals surface area (Å²) in [7, 11) is 1.71. The second kappa shape index (κ2) is 8.84. The van der Waals surface area contributed by atoms with Crippen LogP contribution in [0.2, 0.25) is 0 Å². The smallest absolute Gasteiger partial charge is 0.287 e. The number of rotatable bonds is 7. The van der Waals surface area contributed by atoms with Gasteiger partial charge in [0.2, 0.25) is 0 Å². The summed E-state index contributed by atoms with van der Waals surface area (Å²) in [6.07, 6.45) is 4.19. The van der Waals surface area contributed by atoms with Crippen LogP contribution >= 0.6 is 0 Å². The molecule has 3 rings (SSSR count). The number of hydrogen-bond donors (Lipinski definition) is 3. The van der Waals surface area contributed by atoms with Gasteiger partial charge in [-0.25, -0.2) is 0 Å². The van der Waals surface area contributed by atoms with Crippen LogP contribution in [0.3, 0.4) is 0 Å². The van der Waals surface area contributed by atoms with Crippen LogP contribution in [0.4, 0.5) is 0 Å². The number of carbonyl (C=O) groups is 1. The molecule has 0 aliphatic rings. The monoisotopic (exact) mass is 369 g/mol. The molecule has 0 atom stereocenters. The SMILES string of the molecule is CN=C(NCCCNC(=O)c1occc1C)NCc1nnc2ccccn12. The van der Waals surface area contributed by atoms with Crippen LogP contribution in [0, 0.1) is 6.92 Å². The molecule has 142 valence electrons. The molecule has 0 spiro atoms. The lowest BCUT2D eigenvalue weighted by atomic mass is 10.2. The maximum absolute atomic E-state index is 11.9. The molecule has 0 saturated heterocycles. The minimum absolute atomic E-state index is 0.196. The Morgan fingerprint density at radius 2 is 2.04 bits per heavy atom. The van der Waals surface area contributed by atoms with E-state index in [1.807, 2.05) is 35.7 Å². The number of aromatic nitrogens is 3. The fourth-order valence-electron chi connectivity index (χ4n) is 2.58. The van der Waals surface area contributed by atoms with Crippen molar-refractivity contribution in [1.29, 1.82) is 0 Å². The van der Waals surface area contributed by atoms with Crippen LogP contribution in [0.25, 0.3) is 5.65 Å². The third-order valence-corrected chi connectivity index (χ3v) is 4.02. The van der Waals surface area contributed by atoms with Gasteiger partial charge in [-0.15, -0.1) is 10.2 Å². The molecule has 3 N–H and O–H groups in total. The van der Waals surface area contributed by atoms with Gasteiger partial charge in [0.25, 0.3) is 5.91 Å². The average molecular weight is 369 g/mol. The Morgan fingerprint density at radius 1 is 1.19 bits per heavy atom. The normalized spacial score (nSPS) is 11.6. The molecule has 0 aromatic carbocycles. The summed E-state index contributed by atoms with van der Waals surface area (Å²) in [6, 6.07) is 7.53. The molecular weight excluding hydrogens is 346 g/mol. The van der Waals surface area contributed by atoms with Crippen molar-refractivity contribution in [1.82, 2.24) is 30.5 Å². The van der Waals surface area contributed by atoms with Crippen LogP contribution in [-0.4, -0.2) is 46.6 Å². The quantitative estimate of drug-likeness (QED) is 0.327. The molecule has 0 radical (unpaired) electrons. The molecule has 9 heteroatoms. The van der Waals surface area contributed by atoms with Gasteiger partial charge in [0.15, 0.2) is 23.2 Å². The van der Waals surface area contributed by atoms with Crippen molar-refractivity contribution in [3.8, 4) is 0 Å². The van der Waals surface area contributed by atoms with Gasteiger partial charge in [-0.1, -0.05) is 6.07 Å². The zero-order valence-electron chi connectivity index (χ0n) is 15.4. The number of fused-ring (bicyclic) bond motifs is 1. The summed E-state index contributed by atoms with van der Waals surface area (Å²) < 4.78 is 7.09. The van der Waals surface area contributed by atoms with Crippen molar-refractivity contribution in [2.75, 3.05) is 20.1 Å². The molecule has 0 unspecified atom stereocenters. The van der Waals surface area contributed by atoms with E-state index in [0.29, 0.717) is 31.4 Å². The number of guanidine groups is 1. The van der Waals surface area contributed by atoms with Gasteiger partial charge in [-0.2, -0.15) is 0 Å². The first kappa shape index (κ1) is 18.4. The highest BCUT2D eigenvalue weighted by atomic mass is 16.3. The van der Waals surface area contributed by atoms with E-state index >= 15 is 0 Å². The van der Waals surface area contributed by atoms with Crippen molar-refractivity contribution in [2.45, 2.75) is 19.9 Å². The maximum Gasteiger partial charge on any atom is 0.287 e. The number of aryl methyl sites for hydroxylation is 1. The van der Waals surface area contributed by atoms with E-state index in [0.717, 1.165) is 23.5 Å². The van der Waals surface area contributed by atoms with Crippen molar-refractivity contribution < 1.29 is 9.21 Å². The van der Waals surface area contributed by atoms with Crippen molar-refractivity contribution >= 4 is 17.5 Å². The van der Waals surface area contributed by atoms with Crippen LogP contribution in [0.1, 0.15) is 28.4 Å². The lowest BCUT2D eigenvalue weighted by molar-refractivity contribution is 0.0925. The third-order valence-electron chi connectivity index (χ3n) is 4.02. The highest BCUT2D eigenvalue weighted by Crippen LogP contribution is 2.07. The first-order valence-electron chi connectivity index (χ1n) is 8.74. The first-order chi connectivity index (χ1) is 13.2.